The number of hydrogen-bond donors (Lipinski definition) is 3. The lowest BCUT2D eigenvalue weighted by molar-refractivity contribution is 0.453. The average Bonchev–Trinajstić information content (AvgIpc) is 3.43. The first-order valence-corrected chi connectivity index (χ1v) is 11.1. The van der Waals surface area contributed by atoms with Gasteiger partial charge in [-0.15, -0.1) is 0 Å². The van der Waals surface area contributed by atoms with Gasteiger partial charge in [0.2, 0.25) is 0 Å². The maximum absolute atomic E-state index is 4.73. The Kier molecular flexibility index (Phi) is 4.41. The van der Waals surface area contributed by atoms with Gasteiger partial charge in [-0.3, -0.25) is 10.1 Å². The van der Waals surface area contributed by atoms with Gasteiger partial charge < -0.3 is 15.2 Å². The number of anilines is 1. The smallest absolute Gasteiger partial charge is 0.139 e. The van der Waals surface area contributed by atoms with Gasteiger partial charge in [0.05, 0.1) is 17.4 Å². The Morgan fingerprint density at radius 3 is 2.70 bits per heavy atom. The van der Waals surface area contributed by atoms with Gasteiger partial charge >= 0.3 is 0 Å². The molecule has 0 spiro atoms. The second-order valence-corrected chi connectivity index (χ2v) is 8.57. The molecule has 4 aromatic heterocycles. The molecular weight excluding hydrogens is 374 g/mol. The lowest BCUT2D eigenvalue weighted by atomic mass is 9.93. The van der Waals surface area contributed by atoms with Gasteiger partial charge in [-0.2, -0.15) is 5.10 Å². The molecule has 4 aromatic rings. The Morgan fingerprint density at radius 2 is 1.83 bits per heavy atom. The average molecular weight is 402 g/mol. The van der Waals surface area contributed by atoms with E-state index in [1.807, 2.05) is 12.4 Å². The Morgan fingerprint density at radius 1 is 0.967 bits per heavy atom. The monoisotopic (exact) mass is 401 g/mol. The first-order valence-electron chi connectivity index (χ1n) is 11.1. The predicted octanol–water partition coefficient (Wildman–Crippen LogP) is 3.96. The van der Waals surface area contributed by atoms with Crippen molar-refractivity contribution < 1.29 is 0 Å². The van der Waals surface area contributed by atoms with Gasteiger partial charge in [0, 0.05) is 47.4 Å². The highest BCUT2D eigenvalue weighted by molar-refractivity contribution is 5.98. The van der Waals surface area contributed by atoms with Crippen molar-refractivity contribution in [2.75, 3.05) is 31.1 Å². The maximum atomic E-state index is 4.73. The van der Waals surface area contributed by atoms with Crippen LogP contribution in [0.3, 0.4) is 0 Å². The van der Waals surface area contributed by atoms with E-state index in [9.17, 15) is 0 Å². The van der Waals surface area contributed by atoms with Crippen molar-refractivity contribution in [1.82, 2.24) is 30.5 Å². The number of hydrogen-bond acceptors (Lipinski definition) is 5. The molecule has 6 rings (SSSR count). The van der Waals surface area contributed by atoms with Gasteiger partial charge in [0.25, 0.3) is 0 Å². The number of fused-ring (bicyclic) bond motifs is 2. The minimum Gasteiger partial charge on any atom is -0.371 e. The van der Waals surface area contributed by atoms with E-state index in [4.69, 9.17) is 4.98 Å². The summed E-state index contributed by atoms with van der Waals surface area (Å²) in [6, 6.07) is 6.59. The van der Waals surface area contributed by atoms with E-state index in [0.717, 1.165) is 67.0 Å². The van der Waals surface area contributed by atoms with E-state index in [1.54, 1.807) is 0 Å². The predicted molar refractivity (Wildman–Crippen MR) is 120 cm³/mol. The van der Waals surface area contributed by atoms with E-state index in [2.05, 4.69) is 48.6 Å². The minimum absolute atomic E-state index is 0.522. The first-order chi connectivity index (χ1) is 14.9. The van der Waals surface area contributed by atoms with Crippen molar-refractivity contribution >= 4 is 27.6 Å². The maximum Gasteiger partial charge on any atom is 0.139 e. The van der Waals surface area contributed by atoms with Crippen LogP contribution >= 0.6 is 0 Å². The lowest BCUT2D eigenvalue weighted by Gasteiger charge is -2.29. The molecule has 7 heteroatoms. The summed E-state index contributed by atoms with van der Waals surface area (Å²) in [6.07, 6.45) is 9.98. The molecule has 0 aliphatic carbocycles. The van der Waals surface area contributed by atoms with Crippen LogP contribution in [0.25, 0.3) is 33.3 Å². The van der Waals surface area contributed by atoms with E-state index >= 15 is 0 Å². The normalized spacial score (nSPS) is 18.5. The van der Waals surface area contributed by atoms with E-state index in [0.29, 0.717) is 5.92 Å². The van der Waals surface area contributed by atoms with E-state index in [1.165, 1.54) is 36.0 Å². The number of nitrogens with zero attached hydrogens (tertiary/aromatic N) is 4. The molecule has 7 nitrogen and oxygen atoms in total. The van der Waals surface area contributed by atoms with Crippen LogP contribution in [0.4, 0.5) is 5.69 Å². The number of aromatic amines is 2. The standard InChI is InChI=1S/C23H27N7/c1-2-10-30(11-3-1)21-6-9-25-23-17(21)13-19(27-23)22-16-12-18(15-4-7-24-8-5-15)26-14-20(16)28-29-22/h6,9,12-15,24H,1-5,7-8,10-11H2,(H,25,27)(H,28,29). The van der Waals surface area contributed by atoms with Crippen molar-refractivity contribution in [2.45, 2.75) is 38.0 Å². The molecular formula is C23H27N7. The fraction of sp³-hybridized carbons (Fsp3) is 0.435. The fourth-order valence-electron chi connectivity index (χ4n) is 5.03. The van der Waals surface area contributed by atoms with Crippen molar-refractivity contribution in [3.63, 3.8) is 0 Å². The third-order valence-electron chi connectivity index (χ3n) is 6.69. The second-order valence-electron chi connectivity index (χ2n) is 8.57. The largest absolute Gasteiger partial charge is 0.371 e. The molecule has 0 saturated carbocycles. The van der Waals surface area contributed by atoms with Crippen LogP contribution in [0.2, 0.25) is 0 Å². The van der Waals surface area contributed by atoms with Crippen LogP contribution in [0.1, 0.15) is 43.7 Å². The molecule has 0 amide bonds. The zero-order chi connectivity index (χ0) is 19.9. The van der Waals surface area contributed by atoms with Gasteiger partial charge in [-0.1, -0.05) is 0 Å². The number of rotatable bonds is 3. The zero-order valence-corrected chi connectivity index (χ0v) is 17.1. The van der Waals surface area contributed by atoms with Crippen LogP contribution in [-0.2, 0) is 0 Å². The summed E-state index contributed by atoms with van der Waals surface area (Å²) in [5.41, 5.74) is 6.32. The van der Waals surface area contributed by atoms with Crippen molar-refractivity contribution in [1.29, 1.82) is 0 Å². The summed E-state index contributed by atoms with van der Waals surface area (Å²) < 4.78 is 0. The molecule has 0 atom stereocenters. The second kappa shape index (κ2) is 7.40. The van der Waals surface area contributed by atoms with Gasteiger partial charge in [-0.05, 0) is 63.4 Å². The highest BCUT2D eigenvalue weighted by Gasteiger charge is 2.20. The topological polar surface area (TPSA) is 85.5 Å². The number of H-pyrrole nitrogens is 2. The van der Waals surface area contributed by atoms with Crippen molar-refractivity contribution in [2.24, 2.45) is 0 Å². The Labute approximate surface area is 175 Å². The Bertz CT molecular complexity index is 1180. The molecule has 0 aromatic carbocycles. The fourth-order valence-corrected chi connectivity index (χ4v) is 5.03. The molecule has 0 unspecified atom stereocenters. The molecule has 2 aliphatic rings. The summed E-state index contributed by atoms with van der Waals surface area (Å²) in [7, 11) is 0. The van der Waals surface area contributed by atoms with Crippen LogP contribution in [-0.4, -0.2) is 51.3 Å². The Hall–Kier alpha value is -2.93. The lowest BCUT2D eigenvalue weighted by Crippen LogP contribution is -2.29. The van der Waals surface area contributed by atoms with E-state index in [-0.39, 0.29) is 0 Å². The number of aromatic nitrogens is 5. The molecule has 2 fully saturated rings. The van der Waals surface area contributed by atoms with Crippen LogP contribution < -0.4 is 10.2 Å². The quantitative estimate of drug-likeness (QED) is 0.484. The van der Waals surface area contributed by atoms with Crippen LogP contribution in [0.5, 0.6) is 0 Å². The van der Waals surface area contributed by atoms with E-state index < -0.39 is 0 Å². The molecule has 154 valence electrons. The third kappa shape index (κ3) is 3.04. The van der Waals surface area contributed by atoms with Gasteiger partial charge in [0.1, 0.15) is 11.3 Å². The molecule has 3 N–H and O–H groups in total. The summed E-state index contributed by atoms with van der Waals surface area (Å²) in [6.45, 7) is 4.37. The first kappa shape index (κ1) is 17.9. The highest BCUT2D eigenvalue weighted by atomic mass is 15.1. The third-order valence-corrected chi connectivity index (χ3v) is 6.69. The number of pyridine rings is 2. The zero-order valence-electron chi connectivity index (χ0n) is 17.1. The minimum atomic E-state index is 0.522. The SMILES string of the molecule is c1cc(N2CCCCC2)c2cc(-c3n[nH]c4cnc(C5CCNCC5)cc34)[nH]c2n1. The molecule has 2 aliphatic heterocycles. The summed E-state index contributed by atoms with van der Waals surface area (Å²) in [4.78, 5) is 15.3. The molecule has 2 saturated heterocycles. The van der Waals surface area contributed by atoms with Crippen LogP contribution in [0.15, 0.2) is 30.6 Å². The van der Waals surface area contributed by atoms with Crippen LogP contribution in [0, 0.1) is 0 Å². The van der Waals surface area contributed by atoms with Gasteiger partial charge in [0.15, 0.2) is 0 Å². The Balaban J connectivity index is 1.42. The molecule has 0 radical (unpaired) electrons. The molecule has 0 bridgehead atoms. The molecule has 30 heavy (non-hydrogen) atoms. The summed E-state index contributed by atoms with van der Waals surface area (Å²) >= 11 is 0. The van der Waals surface area contributed by atoms with Crippen molar-refractivity contribution in [3.05, 3.63) is 36.3 Å². The summed E-state index contributed by atoms with van der Waals surface area (Å²) in [5, 5.41) is 13.5. The van der Waals surface area contributed by atoms with Crippen molar-refractivity contribution in [3.8, 4) is 11.4 Å². The van der Waals surface area contributed by atoms with Gasteiger partial charge in [-0.25, -0.2) is 4.98 Å². The molecule has 6 heterocycles. The highest BCUT2D eigenvalue weighted by Crippen LogP contribution is 2.34. The number of nitrogens with one attached hydrogen (secondary N) is 3. The summed E-state index contributed by atoms with van der Waals surface area (Å²) in [5.74, 6) is 0.522. The number of piperidine rings is 2.